The highest BCUT2D eigenvalue weighted by molar-refractivity contribution is 7.09. The first kappa shape index (κ1) is 11.6. The van der Waals surface area contributed by atoms with Gasteiger partial charge in [0.2, 0.25) is 6.29 Å². The summed E-state index contributed by atoms with van der Waals surface area (Å²) in [6.45, 7) is 2.18. The summed E-state index contributed by atoms with van der Waals surface area (Å²) < 4.78 is 10.3. The van der Waals surface area contributed by atoms with E-state index in [1.54, 1.807) is 25.6 Å². The summed E-state index contributed by atoms with van der Waals surface area (Å²) in [4.78, 5) is 4.46. The quantitative estimate of drug-likeness (QED) is 0.684. The maximum absolute atomic E-state index is 5.13. The third-order valence-corrected chi connectivity index (χ3v) is 2.91. The first-order valence-electron chi connectivity index (χ1n) is 4.81. The summed E-state index contributed by atoms with van der Waals surface area (Å²) in [5, 5.41) is 3.17. The van der Waals surface area contributed by atoms with Crippen LogP contribution in [-0.4, -0.2) is 19.2 Å². The van der Waals surface area contributed by atoms with Crippen molar-refractivity contribution >= 4 is 11.3 Å². The van der Waals surface area contributed by atoms with E-state index in [2.05, 4.69) is 11.9 Å². The first-order chi connectivity index (χ1) is 6.81. The van der Waals surface area contributed by atoms with Gasteiger partial charge in [-0.1, -0.05) is 13.3 Å². The van der Waals surface area contributed by atoms with E-state index in [4.69, 9.17) is 9.47 Å². The van der Waals surface area contributed by atoms with Crippen LogP contribution in [-0.2, 0) is 15.9 Å². The average molecular weight is 215 g/mol. The molecule has 0 bridgehead atoms. The van der Waals surface area contributed by atoms with Gasteiger partial charge in [-0.05, 0) is 12.8 Å². The molecule has 0 N–H and O–H groups in total. The minimum Gasteiger partial charge on any atom is -0.350 e. The minimum atomic E-state index is -0.318. The molecule has 1 aromatic rings. The van der Waals surface area contributed by atoms with E-state index >= 15 is 0 Å². The van der Waals surface area contributed by atoms with Gasteiger partial charge in [-0.15, -0.1) is 11.3 Å². The summed E-state index contributed by atoms with van der Waals surface area (Å²) >= 11 is 1.68. The van der Waals surface area contributed by atoms with Crippen LogP contribution in [0.25, 0.3) is 0 Å². The molecule has 1 rings (SSSR count). The number of hydrogen-bond donors (Lipinski definition) is 0. The molecule has 0 saturated carbocycles. The number of hydrogen-bond acceptors (Lipinski definition) is 4. The lowest BCUT2D eigenvalue weighted by Gasteiger charge is -2.09. The topological polar surface area (TPSA) is 31.4 Å². The zero-order chi connectivity index (χ0) is 10.4. The van der Waals surface area contributed by atoms with Gasteiger partial charge in [0, 0.05) is 19.6 Å². The van der Waals surface area contributed by atoms with E-state index in [0.29, 0.717) is 0 Å². The molecule has 0 saturated heterocycles. The van der Waals surface area contributed by atoms with Gasteiger partial charge in [0.05, 0.1) is 5.01 Å². The van der Waals surface area contributed by atoms with Crippen molar-refractivity contribution in [1.29, 1.82) is 0 Å². The Morgan fingerprint density at radius 3 is 2.71 bits per heavy atom. The predicted octanol–water partition coefficient (Wildman–Crippen LogP) is 2.78. The van der Waals surface area contributed by atoms with Gasteiger partial charge in [0.1, 0.15) is 5.69 Å². The van der Waals surface area contributed by atoms with Gasteiger partial charge < -0.3 is 9.47 Å². The molecule has 1 heterocycles. The number of aromatic nitrogens is 1. The molecular formula is C10H17NO2S. The van der Waals surface area contributed by atoms with Crippen molar-refractivity contribution in [3.63, 3.8) is 0 Å². The Bertz CT molecular complexity index is 258. The van der Waals surface area contributed by atoms with Gasteiger partial charge in [0.25, 0.3) is 0 Å². The fourth-order valence-electron chi connectivity index (χ4n) is 1.21. The van der Waals surface area contributed by atoms with E-state index < -0.39 is 0 Å². The summed E-state index contributed by atoms with van der Waals surface area (Å²) in [6, 6.07) is 0. The molecule has 4 heteroatoms. The lowest BCUT2D eigenvalue weighted by Crippen LogP contribution is -2.04. The van der Waals surface area contributed by atoms with Crippen molar-refractivity contribution < 1.29 is 9.47 Å². The molecule has 0 aliphatic carbocycles. The van der Waals surface area contributed by atoms with E-state index in [9.17, 15) is 0 Å². The van der Waals surface area contributed by atoms with Crippen molar-refractivity contribution in [2.75, 3.05) is 14.2 Å². The number of rotatable bonds is 6. The zero-order valence-corrected chi connectivity index (χ0v) is 9.76. The molecule has 0 atom stereocenters. The lowest BCUT2D eigenvalue weighted by atomic mass is 10.3. The molecule has 0 amide bonds. The van der Waals surface area contributed by atoms with Crippen molar-refractivity contribution in [2.24, 2.45) is 0 Å². The molecule has 0 unspecified atom stereocenters. The third-order valence-electron chi connectivity index (χ3n) is 1.98. The molecular weight excluding hydrogens is 198 g/mol. The largest absolute Gasteiger partial charge is 0.350 e. The highest BCUT2D eigenvalue weighted by atomic mass is 32.1. The second-order valence-electron chi connectivity index (χ2n) is 3.07. The Balaban J connectivity index is 2.57. The molecule has 3 nitrogen and oxygen atoms in total. The molecule has 0 aliphatic rings. The molecule has 80 valence electrons. The molecule has 0 aliphatic heterocycles. The van der Waals surface area contributed by atoms with Crippen LogP contribution in [0.2, 0.25) is 0 Å². The van der Waals surface area contributed by atoms with Crippen molar-refractivity contribution in [2.45, 2.75) is 32.5 Å². The van der Waals surface area contributed by atoms with Crippen LogP contribution in [0.1, 0.15) is 36.8 Å². The van der Waals surface area contributed by atoms with Gasteiger partial charge >= 0.3 is 0 Å². The van der Waals surface area contributed by atoms with Crippen LogP contribution in [0, 0.1) is 0 Å². The Hall–Kier alpha value is -0.450. The first-order valence-corrected chi connectivity index (χ1v) is 5.69. The van der Waals surface area contributed by atoms with Crippen LogP contribution < -0.4 is 0 Å². The molecule has 1 aromatic heterocycles. The number of methoxy groups -OCH3 is 2. The van der Waals surface area contributed by atoms with Gasteiger partial charge in [-0.25, -0.2) is 4.98 Å². The molecule has 14 heavy (non-hydrogen) atoms. The van der Waals surface area contributed by atoms with Gasteiger partial charge in [-0.3, -0.25) is 0 Å². The maximum Gasteiger partial charge on any atom is 0.201 e. The maximum atomic E-state index is 5.13. The summed E-state index contributed by atoms with van der Waals surface area (Å²) in [5.41, 5.74) is 0.881. The number of unbranched alkanes of at least 4 members (excludes halogenated alkanes) is 1. The number of nitrogens with zero attached hydrogens (tertiary/aromatic N) is 1. The normalized spacial score (nSPS) is 11.1. The summed E-state index contributed by atoms with van der Waals surface area (Å²) in [7, 11) is 3.25. The Labute approximate surface area is 89.1 Å². The number of ether oxygens (including phenoxy) is 2. The zero-order valence-electron chi connectivity index (χ0n) is 8.95. The molecule has 0 spiro atoms. The van der Waals surface area contributed by atoms with Gasteiger partial charge in [-0.2, -0.15) is 0 Å². The Morgan fingerprint density at radius 1 is 1.43 bits per heavy atom. The monoisotopic (exact) mass is 215 g/mol. The van der Waals surface area contributed by atoms with Crippen LogP contribution in [0.5, 0.6) is 0 Å². The van der Waals surface area contributed by atoms with Crippen LogP contribution >= 0.6 is 11.3 Å². The molecule has 0 aromatic carbocycles. The number of thiazole rings is 1. The van der Waals surface area contributed by atoms with E-state index in [1.165, 1.54) is 17.8 Å². The van der Waals surface area contributed by atoms with Crippen LogP contribution in [0.15, 0.2) is 5.38 Å². The Morgan fingerprint density at radius 2 is 2.14 bits per heavy atom. The second-order valence-corrected chi connectivity index (χ2v) is 4.02. The van der Waals surface area contributed by atoms with E-state index in [-0.39, 0.29) is 6.29 Å². The highest BCUT2D eigenvalue weighted by Crippen LogP contribution is 2.20. The van der Waals surface area contributed by atoms with Crippen molar-refractivity contribution in [1.82, 2.24) is 4.98 Å². The fraction of sp³-hybridized carbons (Fsp3) is 0.700. The SMILES string of the molecule is CCCCc1nc(C(OC)OC)cs1. The lowest BCUT2D eigenvalue weighted by molar-refractivity contribution is -0.108. The average Bonchev–Trinajstić information content (AvgIpc) is 2.65. The van der Waals surface area contributed by atoms with Gasteiger partial charge in [0.15, 0.2) is 0 Å². The smallest absolute Gasteiger partial charge is 0.201 e. The predicted molar refractivity (Wildman–Crippen MR) is 57.5 cm³/mol. The highest BCUT2D eigenvalue weighted by Gasteiger charge is 2.12. The van der Waals surface area contributed by atoms with Crippen LogP contribution in [0.3, 0.4) is 0 Å². The van der Waals surface area contributed by atoms with Crippen LogP contribution in [0.4, 0.5) is 0 Å². The van der Waals surface area contributed by atoms with E-state index in [0.717, 1.165) is 12.1 Å². The number of aryl methyl sites for hydroxylation is 1. The summed E-state index contributed by atoms with van der Waals surface area (Å²) in [6.07, 6.45) is 3.13. The molecule has 0 fully saturated rings. The van der Waals surface area contributed by atoms with Crippen molar-refractivity contribution in [3.8, 4) is 0 Å². The standard InChI is InChI=1S/C10H17NO2S/c1-4-5-6-9-11-8(7-14-9)10(12-2)13-3/h7,10H,4-6H2,1-3H3. The van der Waals surface area contributed by atoms with Crippen molar-refractivity contribution in [3.05, 3.63) is 16.1 Å². The second kappa shape index (κ2) is 6.11. The Kier molecular flexibility index (Phi) is 5.07. The fourth-order valence-corrected chi connectivity index (χ4v) is 2.05. The van der Waals surface area contributed by atoms with E-state index in [1.807, 2.05) is 5.38 Å². The molecule has 0 radical (unpaired) electrons. The third kappa shape index (κ3) is 3.04. The summed E-state index contributed by atoms with van der Waals surface area (Å²) in [5.74, 6) is 0. The minimum absolute atomic E-state index is 0.318.